The number of guanidine groups is 2. The Morgan fingerprint density at radius 2 is 2.14 bits per heavy atom. The van der Waals surface area contributed by atoms with E-state index in [1.807, 2.05) is 21.0 Å². The maximum Gasteiger partial charge on any atom is 0.230 e. The zero-order valence-electron chi connectivity index (χ0n) is 8.93. The molecule has 7 heteroatoms. The molecule has 0 aliphatic carbocycles. The number of hydrogen-bond acceptors (Lipinski definition) is 6. The molecule has 2 N–H and O–H groups in total. The van der Waals surface area contributed by atoms with Gasteiger partial charge in [-0.15, -0.1) is 0 Å². The smallest absolute Gasteiger partial charge is 0.230 e. The maximum absolute atomic E-state index is 5.61. The third kappa shape index (κ3) is 2.13. The monoisotopic (exact) mass is 217 g/mol. The Morgan fingerprint density at radius 3 is 2.57 bits per heavy atom. The van der Waals surface area contributed by atoms with Gasteiger partial charge < -0.3 is 15.2 Å². The van der Waals surface area contributed by atoms with Gasteiger partial charge >= 0.3 is 0 Å². The highest BCUT2D eigenvalue weighted by atomic mass is 31.2. The summed E-state index contributed by atoms with van der Waals surface area (Å²) in [5, 5.41) is 0. The summed E-state index contributed by atoms with van der Waals surface area (Å²) in [4.78, 5) is 5.82. The van der Waals surface area contributed by atoms with Crippen LogP contribution in [-0.4, -0.2) is 44.2 Å². The summed E-state index contributed by atoms with van der Waals surface area (Å²) in [6.07, 6.45) is 0.733. The second-order valence-corrected chi connectivity index (χ2v) is 5.75. The average Bonchev–Trinajstić information content (AvgIpc) is 2.16. The van der Waals surface area contributed by atoms with Crippen LogP contribution in [0.5, 0.6) is 0 Å². The second kappa shape index (κ2) is 4.11. The van der Waals surface area contributed by atoms with Crippen molar-refractivity contribution in [1.29, 1.82) is 0 Å². The fourth-order valence-electron chi connectivity index (χ4n) is 1.01. The van der Waals surface area contributed by atoms with Crippen molar-refractivity contribution in [3.05, 3.63) is 0 Å². The third-order valence-electron chi connectivity index (χ3n) is 1.82. The van der Waals surface area contributed by atoms with Crippen molar-refractivity contribution in [2.75, 3.05) is 27.4 Å². The van der Waals surface area contributed by atoms with Crippen molar-refractivity contribution in [2.45, 2.75) is 6.92 Å². The molecule has 6 nitrogen and oxygen atoms in total. The zero-order chi connectivity index (χ0) is 10.8. The highest BCUT2D eigenvalue weighted by Gasteiger charge is 2.22. The van der Waals surface area contributed by atoms with E-state index in [1.165, 1.54) is 0 Å². The van der Waals surface area contributed by atoms with Gasteiger partial charge in [0.05, 0.1) is 0 Å². The fourth-order valence-corrected chi connectivity index (χ4v) is 2.63. The van der Waals surface area contributed by atoms with Crippen LogP contribution in [0.1, 0.15) is 6.92 Å². The summed E-state index contributed by atoms with van der Waals surface area (Å²) in [7, 11) is 3.23. The van der Waals surface area contributed by atoms with E-state index in [0.29, 0.717) is 5.96 Å². The fraction of sp³-hybridized carbons (Fsp3) is 0.714. The lowest BCUT2D eigenvalue weighted by Crippen LogP contribution is -2.25. The van der Waals surface area contributed by atoms with Crippen LogP contribution < -0.4 is 5.73 Å². The van der Waals surface area contributed by atoms with E-state index in [4.69, 9.17) is 10.3 Å². The van der Waals surface area contributed by atoms with Gasteiger partial charge in [0.1, 0.15) is 0 Å². The number of aliphatic imine (C=N–C) groups is 1. The van der Waals surface area contributed by atoms with Crippen molar-refractivity contribution in [1.82, 2.24) is 4.90 Å². The van der Waals surface area contributed by atoms with Crippen LogP contribution in [0.25, 0.3) is 0 Å². The molecule has 0 saturated heterocycles. The molecule has 0 bridgehead atoms. The van der Waals surface area contributed by atoms with Gasteiger partial charge in [-0.1, -0.05) is 6.92 Å². The van der Waals surface area contributed by atoms with Crippen LogP contribution in [0.2, 0.25) is 0 Å². The Morgan fingerprint density at radius 1 is 1.50 bits per heavy atom. The Kier molecular flexibility index (Phi) is 3.29. The first kappa shape index (κ1) is 11.2. The maximum atomic E-state index is 5.61. The van der Waals surface area contributed by atoms with Gasteiger partial charge in [-0.3, -0.25) is 0 Å². The van der Waals surface area contributed by atoms with Crippen LogP contribution in [-0.2, 0) is 4.52 Å². The molecule has 14 heavy (non-hydrogen) atoms. The minimum atomic E-state index is -2.10. The first-order chi connectivity index (χ1) is 6.53. The molecular weight excluding hydrogens is 201 g/mol. The van der Waals surface area contributed by atoms with Gasteiger partial charge in [-0.25, -0.2) is 0 Å². The second-order valence-electron chi connectivity index (χ2n) is 3.03. The topological polar surface area (TPSA) is 75.6 Å². The van der Waals surface area contributed by atoms with Crippen LogP contribution in [0.15, 0.2) is 14.5 Å². The largest absolute Gasteiger partial charge is 0.368 e. The molecule has 0 aromatic rings. The van der Waals surface area contributed by atoms with Gasteiger partial charge in [0.15, 0.2) is 0 Å². The van der Waals surface area contributed by atoms with E-state index in [-0.39, 0.29) is 5.96 Å². The van der Waals surface area contributed by atoms with Crippen molar-refractivity contribution < 1.29 is 4.52 Å². The van der Waals surface area contributed by atoms with Crippen LogP contribution >= 0.6 is 7.43 Å². The van der Waals surface area contributed by atoms with Crippen molar-refractivity contribution in [3.8, 4) is 0 Å². The molecule has 1 aliphatic heterocycles. The molecule has 0 spiro atoms. The number of nitrogens with zero attached hydrogens (tertiary/aromatic N) is 4. The van der Waals surface area contributed by atoms with E-state index in [9.17, 15) is 0 Å². The lowest BCUT2D eigenvalue weighted by Gasteiger charge is -2.22. The van der Waals surface area contributed by atoms with Gasteiger partial charge in [-0.05, 0) is 0 Å². The van der Waals surface area contributed by atoms with Crippen LogP contribution in [0, 0.1) is 0 Å². The Labute approximate surface area is 84.1 Å². The summed E-state index contributed by atoms with van der Waals surface area (Å²) in [5.41, 5.74) is 5.61. The molecule has 0 radical (unpaired) electrons. The van der Waals surface area contributed by atoms with Crippen LogP contribution in [0.4, 0.5) is 0 Å². The summed E-state index contributed by atoms with van der Waals surface area (Å²) < 4.78 is 13.9. The SMILES string of the molecule is CCP1(OC)=NC(N)=NC(N(C)C)=N1. The minimum absolute atomic E-state index is 0.251. The molecular formula is C7H16N5OP. The average molecular weight is 217 g/mol. The van der Waals surface area contributed by atoms with Crippen LogP contribution in [0.3, 0.4) is 0 Å². The van der Waals surface area contributed by atoms with E-state index in [0.717, 1.165) is 6.16 Å². The molecule has 1 atom stereocenters. The molecule has 1 rings (SSSR count). The molecule has 80 valence electrons. The summed E-state index contributed by atoms with van der Waals surface area (Å²) in [6, 6.07) is 0. The molecule has 0 amide bonds. The molecule has 0 fully saturated rings. The Bertz CT molecular complexity index is 325. The molecule has 1 unspecified atom stereocenters. The lowest BCUT2D eigenvalue weighted by atomic mass is 10.8. The Balaban J connectivity index is 3.18. The number of rotatable bonds is 2. The van der Waals surface area contributed by atoms with E-state index in [1.54, 1.807) is 12.0 Å². The molecule has 0 saturated carbocycles. The molecule has 0 aromatic heterocycles. The van der Waals surface area contributed by atoms with Gasteiger partial charge in [-0.2, -0.15) is 14.5 Å². The first-order valence-corrected chi connectivity index (χ1v) is 6.11. The number of nitrogens with two attached hydrogens (primary N) is 1. The predicted octanol–water partition coefficient (Wildman–Crippen LogP) is 0.930. The molecule has 1 heterocycles. The highest BCUT2D eigenvalue weighted by molar-refractivity contribution is 7.60. The van der Waals surface area contributed by atoms with E-state index < -0.39 is 7.43 Å². The highest BCUT2D eigenvalue weighted by Crippen LogP contribution is 2.52. The van der Waals surface area contributed by atoms with E-state index >= 15 is 0 Å². The first-order valence-electron chi connectivity index (χ1n) is 4.32. The van der Waals surface area contributed by atoms with Crippen molar-refractivity contribution in [2.24, 2.45) is 20.2 Å². The van der Waals surface area contributed by atoms with Gasteiger partial charge in [0.25, 0.3) is 0 Å². The number of hydrogen-bond donors (Lipinski definition) is 1. The van der Waals surface area contributed by atoms with Crippen molar-refractivity contribution >= 4 is 19.4 Å². The summed E-state index contributed by atoms with van der Waals surface area (Å²) in [6.45, 7) is 1.98. The zero-order valence-corrected chi connectivity index (χ0v) is 9.82. The normalized spacial score (nSPS) is 26.3. The molecule has 0 aromatic carbocycles. The Hall–Kier alpha value is -0.870. The minimum Gasteiger partial charge on any atom is -0.368 e. The van der Waals surface area contributed by atoms with E-state index in [2.05, 4.69) is 14.5 Å². The predicted molar refractivity (Wildman–Crippen MR) is 59.6 cm³/mol. The third-order valence-corrected chi connectivity index (χ3v) is 4.24. The summed E-state index contributed by atoms with van der Waals surface area (Å²) >= 11 is 0. The lowest BCUT2D eigenvalue weighted by molar-refractivity contribution is 0.452. The quantitative estimate of drug-likeness (QED) is 0.699. The summed E-state index contributed by atoms with van der Waals surface area (Å²) in [5.74, 6) is 0.829. The van der Waals surface area contributed by atoms with Gasteiger partial charge in [0, 0.05) is 27.4 Å². The molecule has 1 aliphatic rings. The standard InChI is InChI=1S/C7H16N5OP/c1-5-14(13-4)10-6(8)9-7(11-14)12(2)3/h5H2,1-4H3,(H2,8,9,11). The van der Waals surface area contributed by atoms with Gasteiger partial charge in [0.2, 0.25) is 19.4 Å². The van der Waals surface area contributed by atoms with Crippen molar-refractivity contribution in [3.63, 3.8) is 0 Å².